The molecule has 2 heterocycles. The second-order valence-electron chi connectivity index (χ2n) is 5.86. The minimum atomic E-state index is -0.524. The molecule has 0 unspecified atom stereocenters. The summed E-state index contributed by atoms with van der Waals surface area (Å²) in [6.45, 7) is 4.55. The summed E-state index contributed by atoms with van der Waals surface area (Å²) in [5.74, 6) is -0.0346. The smallest absolute Gasteiger partial charge is 0.234 e. The van der Waals surface area contributed by atoms with Crippen LogP contribution in [0.3, 0.4) is 0 Å². The summed E-state index contributed by atoms with van der Waals surface area (Å²) in [7, 11) is 3.71. The Balaban J connectivity index is 1.80. The molecule has 21 heavy (non-hydrogen) atoms. The predicted molar refractivity (Wildman–Crippen MR) is 83.2 cm³/mol. The summed E-state index contributed by atoms with van der Waals surface area (Å²) in [6, 6.07) is -0.147. The van der Waals surface area contributed by atoms with Gasteiger partial charge >= 0.3 is 0 Å². The Hall–Kier alpha value is -1.02. The molecule has 1 aliphatic heterocycles. The molecule has 0 bridgehead atoms. The molecular weight excluding hydrogens is 288 g/mol. The van der Waals surface area contributed by atoms with Crippen molar-refractivity contribution in [2.75, 3.05) is 33.7 Å². The molecule has 1 amide bonds. The van der Waals surface area contributed by atoms with Crippen molar-refractivity contribution < 1.29 is 9.90 Å². The molecule has 2 atom stereocenters. The van der Waals surface area contributed by atoms with E-state index in [4.69, 9.17) is 0 Å². The second-order valence-corrected chi connectivity index (χ2v) is 6.92. The largest absolute Gasteiger partial charge is 0.390 e. The highest BCUT2D eigenvalue weighted by Gasteiger charge is 2.29. The van der Waals surface area contributed by atoms with Crippen LogP contribution >= 0.6 is 11.3 Å². The monoisotopic (exact) mass is 312 g/mol. The van der Waals surface area contributed by atoms with Crippen molar-refractivity contribution >= 4 is 17.2 Å². The molecule has 0 radical (unpaired) electrons. The molecule has 1 saturated heterocycles. The van der Waals surface area contributed by atoms with Crippen molar-refractivity contribution in [3.05, 3.63) is 16.1 Å². The lowest BCUT2D eigenvalue weighted by Gasteiger charge is -2.36. The van der Waals surface area contributed by atoms with Crippen LogP contribution in [0.15, 0.2) is 5.38 Å². The van der Waals surface area contributed by atoms with Crippen molar-refractivity contribution in [2.45, 2.75) is 32.0 Å². The summed E-state index contributed by atoms with van der Waals surface area (Å²) in [5, 5.41) is 16.3. The zero-order valence-corrected chi connectivity index (χ0v) is 13.7. The molecule has 2 rings (SSSR count). The molecule has 6 nitrogen and oxygen atoms in total. The van der Waals surface area contributed by atoms with Gasteiger partial charge in [0.05, 0.1) is 29.4 Å². The van der Waals surface area contributed by atoms with Gasteiger partial charge in [-0.25, -0.2) is 4.98 Å². The van der Waals surface area contributed by atoms with Crippen LogP contribution in [0.25, 0.3) is 0 Å². The fraction of sp³-hybridized carbons (Fsp3) is 0.714. The number of likely N-dealkylation sites (N-methyl/N-ethyl adjacent to an activating group) is 1. The van der Waals surface area contributed by atoms with E-state index in [9.17, 15) is 9.90 Å². The molecular formula is C14H24N4O2S. The van der Waals surface area contributed by atoms with Crippen LogP contribution < -0.4 is 5.32 Å². The summed E-state index contributed by atoms with van der Waals surface area (Å²) in [6.07, 6.45) is 0.244. The van der Waals surface area contributed by atoms with Gasteiger partial charge < -0.3 is 15.3 Å². The Bertz CT molecular complexity index is 477. The lowest BCUT2D eigenvalue weighted by molar-refractivity contribution is -0.124. The Kier molecular flexibility index (Phi) is 5.69. The highest BCUT2D eigenvalue weighted by Crippen LogP contribution is 2.16. The van der Waals surface area contributed by atoms with Crippen LogP contribution in [0, 0.1) is 6.92 Å². The summed E-state index contributed by atoms with van der Waals surface area (Å²) in [4.78, 5) is 20.2. The number of piperidine rings is 1. The van der Waals surface area contributed by atoms with E-state index in [-0.39, 0.29) is 11.9 Å². The lowest BCUT2D eigenvalue weighted by Crippen LogP contribution is -2.54. The standard InChI is InChI=1S/C14H24N4O2S/c1-10-15-11(9-21-10)6-18-5-4-12(13(19)7-18)16-14(20)8-17(2)3/h9,12-13,19H,4-8H2,1-3H3,(H,16,20)/t12-,13-/m1/s1. The van der Waals surface area contributed by atoms with Crippen LogP contribution in [0.4, 0.5) is 0 Å². The Morgan fingerprint density at radius 1 is 1.62 bits per heavy atom. The molecule has 0 aliphatic carbocycles. The lowest BCUT2D eigenvalue weighted by atomic mass is 10.0. The highest BCUT2D eigenvalue weighted by atomic mass is 32.1. The van der Waals surface area contributed by atoms with Crippen molar-refractivity contribution in [2.24, 2.45) is 0 Å². The number of nitrogens with zero attached hydrogens (tertiary/aromatic N) is 3. The van der Waals surface area contributed by atoms with E-state index >= 15 is 0 Å². The number of thiazole rings is 1. The predicted octanol–water partition coefficient (Wildman–Crippen LogP) is 0.0645. The highest BCUT2D eigenvalue weighted by molar-refractivity contribution is 7.09. The minimum absolute atomic E-state index is 0.0346. The third kappa shape index (κ3) is 5.03. The number of amides is 1. The van der Waals surface area contributed by atoms with E-state index in [2.05, 4.69) is 20.6 Å². The van der Waals surface area contributed by atoms with Gasteiger partial charge in [0.2, 0.25) is 5.91 Å². The summed E-state index contributed by atoms with van der Waals surface area (Å²) in [5.41, 5.74) is 1.06. The number of aliphatic hydroxyl groups is 1. The number of hydrogen-bond donors (Lipinski definition) is 2. The van der Waals surface area contributed by atoms with Gasteiger partial charge in [-0.15, -0.1) is 11.3 Å². The van der Waals surface area contributed by atoms with Gasteiger partial charge in [-0.2, -0.15) is 0 Å². The first kappa shape index (κ1) is 16.4. The first-order valence-electron chi connectivity index (χ1n) is 7.19. The number of β-amino-alcohol motifs (C(OH)–C–C–N with tert-alkyl or cyclic N) is 1. The van der Waals surface area contributed by atoms with E-state index < -0.39 is 6.10 Å². The molecule has 1 aliphatic rings. The number of hydrogen-bond acceptors (Lipinski definition) is 6. The maximum atomic E-state index is 11.8. The van der Waals surface area contributed by atoms with Crippen molar-refractivity contribution in [3.8, 4) is 0 Å². The minimum Gasteiger partial charge on any atom is -0.390 e. The van der Waals surface area contributed by atoms with Crippen LogP contribution in [0.2, 0.25) is 0 Å². The van der Waals surface area contributed by atoms with E-state index in [0.29, 0.717) is 13.1 Å². The van der Waals surface area contributed by atoms with Crippen molar-refractivity contribution in [1.29, 1.82) is 0 Å². The van der Waals surface area contributed by atoms with Gasteiger partial charge in [0.1, 0.15) is 0 Å². The molecule has 1 fully saturated rings. The topological polar surface area (TPSA) is 68.7 Å². The number of nitrogens with one attached hydrogen (secondary N) is 1. The van der Waals surface area contributed by atoms with E-state index in [0.717, 1.165) is 30.2 Å². The molecule has 0 saturated carbocycles. The Morgan fingerprint density at radius 3 is 2.95 bits per heavy atom. The quantitative estimate of drug-likeness (QED) is 0.805. The zero-order valence-electron chi connectivity index (χ0n) is 12.9. The van der Waals surface area contributed by atoms with Gasteiger partial charge in [0, 0.05) is 25.0 Å². The van der Waals surface area contributed by atoms with Gasteiger partial charge in [-0.3, -0.25) is 9.69 Å². The normalized spacial score (nSPS) is 23.5. The van der Waals surface area contributed by atoms with E-state index in [1.807, 2.05) is 25.9 Å². The molecule has 2 N–H and O–H groups in total. The fourth-order valence-electron chi connectivity index (χ4n) is 2.56. The second kappa shape index (κ2) is 7.31. The third-order valence-electron chi connectivity index (χ3n) is 3.52. The van der Waals surface area contributed by atoms with Gasteiger partial charge in [0.15, 0.2) is 0 Å². The molecule has 0 aromatic carbocycles. The average molecular weight is 312 g/mol. The van der Waals surface area contributed by atoms with Crippen molar-refractivity contribution in [1.82, 2.24) is 20.1 Å². The van der Waals surface area contributed by atoms with Gasteiger partial charge in [0.25, 0.3) is 0 Å². The fourth-order valence-corrected chi connectivity index (χ4v) is 3.16. The maximum absolute atomic E-state index is 11.8. The number of aliphatic hydroxyl groups excluding tert-OH is 1. The molecule has 0 spiro atoms. The Labute approximate surface area is 129 Å². The first-order valence-corrected chi connectivity index (χ1v) is 8.07. The molecule has 118 valence electrons. The summed E-state index contributed by atoms with van der Waals surface area (Å²) >= 11 is 1.65. The van der Waals surface area contributed by atoms with Crippen LogP contribution in [-0.4, -0.2) is 71.7 Å². The number of carbonyl (C=O) groups excluding carboxylic acids is 1. The van der Waals surface area contributed by atoms with Crippen LogP contribution in [0.1, 0.15) is 17.1 Å². The number of aryl methyl sites for hydroxylation is 1. The van der Waals surface area contributed by atoms with E-state index in [1.165, 1.54) is 0 Å². The Morgan fingerprint density at radius 2 is 2.38 bits per heavy atom. The number of aromatic nitrogens is 1. The van der Waals surface area contributed by atoms with Crippen molar-refractivity contribution in [3.63, 3.8) is 0 Å². The maximum Gasteiger partial charge on any atom is 0.234 e. The average Bonchev–Trinajstić information content (AvgIpc) is 2.77. The van der Waals surface area contributed by atoms with Crippen LogP contribution in [0.5, 0.6) is 0 Å². The van der Waals surface area contributed by atoms with Gasteiger partial charge in [-0.05, 0) is 27.4 Å². The molecule has 1 aromatic rings. The molecule has 1 aromatic heterocycles. The third-order valence-corrected chi connectivity index (χ3v) is 4.35. The van der Waals surface area contributed by atoms with E-state index in [1.54, 1.807) is 11.3 Å². The zero-order chi connectivity index (χ0) is 15.4. The number of carbonyl (C=O) groups is 1. The SMILES string of the molecule is Cc1nc(CN2CC[C@@H](NC(=O)CN(C)C)[C@H](O)C2)cs1. The number of rotatable bonds is 5. The summed E-state index contributed by atoms with van der Waals surface area (Å²) < 4.78 is 0. The number of likely N-dealkylation sites (tertiary alicyclic amines) is 1. The van der Waals surface area contributed by atoms with Gasteiger partial charge in [-0.1, -0.05) is 0 Å². The first-order chi connectivity index (χ1) is 9.94. The van der Waals surface area contributed by atoms with Crippen LogP contribution in [-0.2, 0) is 11.3 Å². The molecule has 7 heteroatoms.